The highest BCUT2D eigenvalue weighted by Crippen LogP contribution is 2.12. The van der Waals surface area contributed by atoms with E-state index < -0.39 is 11.8 Å². The van der Waals surface area contributed by atoms with Gasteiger partial charge in [0, 0.05) is 32.7 Å². The fourth-order valence-corrected chi connectivity index (χ4v) is 2.52. The van der Waals surface area contributed by atoms with E-state index in [1.165, 1.54) is 28.0 Å². The Labute approximate surface area is 139 Å². The molecule has 0 aliphatic carbocycles. The van der Waals surface area contributed by atoms with Gasteiger partial charge in [0.05, 0.1) is 12.0 Å². The van der Waals surface area contributed by atoms with Crippen LogP contribution in [0.4, 0.5) is 9.18 Å². The molecule has 1 aromatic rings. The summed E-state index contributed by atoms with van der Waals surface area (Å²) in [7, 11) is 0. The molecule has 1 aliphatic rings. The monoisotopic (exact) mass is 337 g/mol. The number of hydrogen-bond donors (Lipinski definition) is 2. The summed E-state index contributed by atoms with van der Waals surface area (Å²) in [5.41, 5.74) is 0.0249. The van der Waals surface area contributed by atoms with E-state index in [1.807, 2.05) is 0 Å². The number of carboxylic acid groups (broad SMARTS) is 1. The van der Waals surface area contributed by atoms with E-state index in [0.29, 0.717) is 32.6 Å². The Bertz CT molecular complexity index is 623. The number of nitrogens with one attached hydrogen (secondary N) is 1. The Kier molecular flexibility index (Phi) is 6.11. The van der Waals surface area contributed by atoms with Gasteiger partial charge in [-0.1, -0.05) is 12.1 Å². The summed E-state index contributed by atoms with van der Waals surface area (Å²) < 4.78 is 13.7. The molecule has 130 valence electrons. The van der Waals surface area contributed by atoms with Gasteiger partial charge in [-0.15, -0.1) is 0 Å². The lowest BCUT2D eigenvalue weighted by atomic mass is 10.2. The molecule has 1 aromatic carbocycles. The number of hydrogen-bond acceptors (Lipinski definition) is 3. The molecule has 0 spiro atoms. The van der Waals surface area contributed by atoms with E-state index in [9.17, 15) is 18.8 Å². The molecule has 7 nitrogen and oxygen atoms in total. The Balaban J connectivity index is 1.90. The largest absolute Gasteiger partial charge is 0.481 e. The molecule has 2 rings (SSSR count). The van der Waals surface area contributed by atoms with Crippen molar-refractivity contribution in [3.8, 4) is 0 Å². The topological polar surface area (TPSA) is 89.9 Å². The van der Waals surface area contributed by atoms with Crippen LogP contribution < -0.4 is 5.32 Å². The lowest BCUT2D eigenvalue weighted by Gasteiger charge is -2.22. The maximum Gasteiger partial charge on any atom is 0.317 e. The summed E-state index contributed by atoms with van der Waals surface area (Å²) in [5, 5.41) is 11.1. The lowest BCUT2D eigenvalue weighted by Crippen LogP contribution is -2.43. The van der Waals surface area contributed by atoms with Gasteiger partial charge in [-0.3, -0.25) is 9.59 Å². The third-order valence-corrected chi connectivity index (χ3v) is 3.79. The number of rotatable bonds is 4. The number of nitrogens with zero attached hydrogens (tertiary/aromatic N) is 2. The zero-order valence-corrected chi connectivity index (χ0v) is 13.2. The molecule has 0 bridgehead atoms. The van der Waals surface area contributed by atoms with Gasteiger partial charge in [-0.2, -0.15) is 0 Å². The first-order chi connectivity index (χ1) is 11.5. The average Bonchev–Trinajstić information content (AvgIpc) is 2.80. The zero-order valence-electron chi connectivity index (χ0n) is 13.2. The van der Waals surface area contributed by atoms with Crippen molar-refractivity contribution in [1.29, 1.82) is 0 Å². The molecular formula is C16H20FN3O4. The quantitative estimate of drug-likeness (QED) is 0.863. The van der Waals surface area contributed by atoms with Crippen molar-refractivity contribution in [2.75, 3.05) is 32.7 Å². The number of benzene rings is 1. The Morgan fingerprint density at radius 1 is 1.08 bits per heavy atom. The molecule has 1 heterocycles. The molecule has 0 saturated carbocycles. The van der Waals surface area contributed by atoms with E-state index in [-0.39, 0.29) is 30.5 Å². The Morgan fingerprint density at radius 3 is 2.46 bits per heavy atom. The van der Waals surface area contributed by atoms with Crippen LogP contribution in [0.3, 0.4) is 0 Å². The fraction of sp³-hybridized carbons (Fsp3) is 0.438. The van der Waals surface area contributed by atoms with Crippen LogP contribution in [0.1, 0.15) is 23.2 Å². The van der Waals surface area contributed by atoms with Crippen molar-refractivity contribution in [2.24, 2.45) is 0 Å². The fourth-order valence-electron chi connectivity index (χ4n) is 2.52. The van der Waals surface area contributed by atoms with Crippen molar-refractivity contribution in [3.63, 3.8) is 0 Å². The van der Waals surface area contributed by atoms with E-state index in [0.717, 1.165) is 0 Å². The summed E-state index contributed by atoms with van der Waals surface area (Å²) in [6, 6.07) is 5.47. The molecule has 24 heavy (non-hydrogen) atoms. The number of halogens is 1. The molecule has 1 fully saturated rings. The minimum absolute atomic E-state index is 0.0249. The lowest BCUT2D eigenvalue weighted by molar-refractivity contribution is -0.136. The molecule has 1 aliphatic heterocycles. The SMILES string of the molecule is O=C(O)CCNC(=O)N1CCCN(C(=O)c2ccccc2F)CC1. The summed E-state index contributed by atoms with van der Waals surface area (Å²) in [5.74, 6) is -1.93. The number of amides is 3. The third-order valence-electron chi connectivity index (χ3n) is 3.79. The second-order valence-electron chi connectivity index (χ2n) is 5.49. The maximum absolute atomic E-state index is 13.7. The van der Waals surface area contributed by atoms with E-state index >= 15 is 0 Å². The highest BCUT2D eigenvalue weighted by atomic mass is 19.1. The number of aliphatic carboxylic acids is 1. The molecule has 1 saturated heterocycles. The molecule has 2 N–H and O–H groups in total. The highest BCUT2D eigenvalue weighted by molar-refractivity contribution is 5.94. The highest BCUT2D eigenvalue weighted by Gasteiger charge is 2.24. The predicted octanol–water partition coefficient (Wildman–Crippen LogP) is 1.16. The summed E-state index contributed by atoms with van der Waals surface area (Å²) >= 11 is 0. The summed E-state index contributed by atoms with van der Waals surface area (Å²) in [6.45, 7) is 1.58. The summed E-state index contributed by atoms with van der Waals surface area (Å²) in [6.07, 6.45) is 0.435. The van der Waals surface area contributed by atoms with Crippen LogP contribution in [-0.4, -0.2) is 65.5 Å². The first-order valence-electron chi connectivity index (χ1n) is 7.77. The van der Waals surface area contributed by atoms with Gasteiger partial charge in [0.25, 0.3) is 5.91 Å². The normalized spacial score (nSPS) is 14.9. The minimum Gasteiger partial charge on any atom is -0.481 e. The molecule has 8 heteroatoms. The molecular weight excluding hydrogens is 317 g/mol. The standard InChI is InChI=1S/C16H20FN3O4/c17-13-5-2-1-4-12(13)15(23)19-8-3-9-20(11-10-19)16(24)18-7-6-14(21)22/h1-2,4-5H,3,6-11H2,(H,18,24)(H,21,22). The van der Waals surface area contributed by atoms with Crippen molar-refractivity contribution < 1.29 is 23.9 Å². The smallest absolute Gasteiger partial charge is 0.317 e. The Morgan fingerprint density at radius 2 is 1.75 bits per heavy atom. The number of urea groups is 1. The van der Waals surface area contributed by atoms with Crippen LogP contribution in [0.2, 0.25) is 0 Å². The van der Waals surface area contributed by atoms with Crippen LogP contribution in [-0.2, 0) is 4.79 Å². The van der Waals surface area contributed by atoms with Crippen LogP contribution in [0, 0.1) is 5.82 Å². The molecule has 0 radical (unpaired) electrons. The van der Waals surface area contributed by atoms with Gasteiger partial charge < -0.3 is 20.2 Å². The second kappa shape index (κ2) is 8.28. The first kappa shape index (κ1) is 17.7. The number of carboxylic acids is 1. The van der Waals surface area contributed by atoms with Gasteiger partial charge >= 0.3 is 12.0 Å². The van der Waals surface area contributed by atoms with E-state index in [2.05, 4.69) is 5.32 Å². The van der Waals surface area contributed by atoms with E-state index in [4.69, 9.17) is 5.11 Å². The van der Waals surface area contributed by atoms with Gasteiger partial charge in [0.15, 0.2) is 0 Å². The summed E-state index contributed by atoms with van der Waals surface area (Å²) in [4.78, 5) is 37.9. The number of carbonyl (C=O) groups is 3. The second-order valence-corrected chi connectivity index (χ2v) is 5.49. The third kappa shape index (κ3) is 4.68. The van der Waals surface area contributed by atoms with Gasteiger partial charge in [-0.05, 0) is 18.6 Å². The molecule has 0 atom stereocenters. The van der Waals surface area contributed by atoms with Crippen molar-refractivity contribution in [1.82, 2.24) is 15.1 Å². The van der Waals surface area contributed by atoms with E-state index in [1.54, 1.807) is 6.07 Å². The maximum atomic E-state index is 13.7. The minimum atomic E-state index is -0.979. The van der Waals surface area contributed by atoms with Crippen molar-refractivity contribution in [3.05, 3.63) is 35.6 Å². The molecule has 0 aromatic heterocycles. The van der Waals surface area contributed by atoms with Crippen LogP contribution in [0.15, 0.2) is 24.3 Å². The first-order valence-corrected chi connectivity index (χ1v) is 7.77. The van der Waals surface area contributed by atoms with Crippen molar-refractivity contribution >= 4 is 17.9 Å². The Hall–Kier alpha value is -2.64. The van der Waals surface area contributed by atoms with Crippen LogP contribution in [0.25, 0.3) is 0 Å². The zero-order chi connectivity index (χ0) is 17.5. The van der Waals surface area contributed by atoms with Crippen LogP contribution in [0.5, 0.6) is 0 Å². The van der Waals surface area contributed by atoms with Gasteiger partial charge in [0.2, 0.25) is 0 Å². The molecule has 3 amide bonds. The van der Waals surface area contributed by atoms with Gasteiger partial charge in [-0.25, -0.2) is 9.18 Å². The average molecular weight is 337 g/mol. The van der Waals surface area contributed by atoms with Crippen molar-refractivity contribution in [2.45, 2.75) is 12.8 Å². The van der Waals surface area contributed by atoms with Gasteiger partial charge in [0.1, 0.15) is 5.82 Å². The predicted molar refractivity (Wildman–Crippen MR) is 84.1 cm³/mol. The van der Waals surface area contributed by atoms with Crippen LogP contribution >= 0.6 is 0 Å². The number of carbonyl (C=O) groups excluding carboxylic acids is 2. The molecule has 0 unspecified atom stereocenters.